The van der Waals surface area contributed by atoms with Crippen molar-refractivity contribution in [3.05, 3.63) is 28.8 Å². The minimum absolute atomic E-state index is 0.319. The van der Waals surface area contributed by atoms with Crippen LogP contribution < -0.4 is 10.5 Å². The zero-order chi connectivity index (χ0) is 13.0. The van der Waals surface area contributed by atoms with Crippen LogP contribution in [0.25, 0.3) is 0 Å². The number of methoxy groups -OCH3 is 1. The molecule has 1 aromatic carbocycles. The average Bonchev–Trinajstić information content (AvgIpc) is 2.28. The zero-order valence-electron chi connectivity index (χ0n) is 11.6. The van der Waals surface area contributed by atoms with Crippen molar-refractivity contribution in [3.63, 3.8) is 0 Å². The molecule has 0 heterocycles. The predicted octanol–water partition coefficient (Wildman–Crippen LogP) is 1.92. The monoisotopic (exact) mass is 236 g/mol. The summed E-state index contributed by atoms with van der Waals surface area (Å²) in [7, 11) is 5.85. The molecule has 17 heavy (non-hydrogen) atoms. The molecule has 0 amide bonds. The molecule has 0 spiro atoms. The lowest BCUT2D eigenvalue weighted by Gasteiger charge is -2.23. The molecule has 0 aliphatic rings. The summed E-state index contributed by atoms with van der Waals surface area (Å²) in [4.78, 5) is 2.16. The third kappa shape index (κ3) is 3.45. The van der Waals surface area contributed by atoms with Gasteiger partial charge in [0.2, 0.25) is 0 Å². The highest BCUT2D eigenvalue weighted by Gasteiger charge is 2.16. The van der Waals surface area contributed by atoms with Crippen LogP contribution >= 0.6 is 0 Å². The standard InChI is InChI=1S/C14H24N2O/c1-10-6-13(12(8-15)9-16(3)4)14(17-5)7-11(10)2/h6-7,12H,8-9,15H2,1-5H3. The Morgan fingerprint density at radius 3 is 2.29 bits per heavy atom. The summed E-state index contributed by atoms with van der Waals surface area (Å²) in [6.45, 7) is 5.80. The van der Waals surface area contributed by atoms with Crippen LogP contribution in [0.3, 0.4) is 0 Å². The Labute approximate surface area is 105 Å². The number of nitrogens with zero attached hydrogens (tertiary/aromatic N) is 1. The number of benzene rings is 1. The van der Waals surface area contributed by atoms with Crippen LogP contribution in [0.15, 0.2) is 12.1 Å². The van der Waals surface area contributed by atoms with Crippen molar-refractivity contribution in [2.75, 3.05) is 34.3 Å². The minimum Gasteiger partial charge on any atom is -0.496 e. The fourth-order valence-electron chi connectivity index (χ4n) is 2.05. The van der Waals surface area contributed by atoms with Crippen LogP contribution in [0.1, 0.15) is 22.6 Å². The molecule has 0 aliphatic carbocycles. The topological polar surface area (TPSA) is 38.5 Å². The molecule has 1 atom stereocenters. The lowest BCUT2D eigenvalue weighted by molar-refractivity contribution is 0.361. The quantitative estimate of drug-likeness (QED) is 0.849. The highest BCUT2D eigenvalue weighted by Crippen LogP contribution is 2.29. The Kier molecular flexibility index (Phi) is 4.97. The number of hydrogen-bond acceptors (Lipinski definition) is 3. The van der Waals surface area contributed by atoms with E-state index in [0.717, 1.165) is 12.3 Å². The van der Waals surface area contributed by atoms with Crippen molar-refractivity contribution in [2.45, 2.75) is 19.8 Å². The summed E-state index contributed by atoms with van der Waals surface area (Å²) >= 11 is 0. The molecular formula is C14H24N2O. The van der Waals surface area contributed by atoms with Gasteiger partial charge < -0.3 is 15.4 Å². The van der Waals surface area contributed by atoms with Crippen LogP contribution in [0.4, 0.5) is 0 Å². The fourth-order valence-corrected chi connectivity index (χ4v) is 2.05. The highest BCUT2D eigenvalue weighted by atomic mass is 16.5. The molecule has 0 aromatic heterocycles. The number of rotatable bonds is 5. The molecule has 0 saturated heterocycles. The van der Waals surface area contributed by atoms with Gasteiger partial charge in [0.25, 0.3) is 0 Å². The molecule has 2 N–H and O–H groups in total. The van der Waals surface area contributed by atoms with Crippen molar-refractivity contribution in [3.8, 4) is 5.75 Å². The molecule has 3 nitrogen and oxygen atoms in total. The van der Waals surface area contributed by atoms with E-state index < -0.39 is 0 Å². The summed E-state index contributed by atoms with van der Waals surface area (Å²) in [6, 6.07) is 4.30. The Hall–Kier alpha value is -1.06. The van der Waals surface area contributed by atoms with Gasteiger partial charge in [0.1, 0.15) is 5.75 Å². The van der Waals surface area contributed by atoms with Gasteiger partial charge in [0.15, 0.2) is 0 Å². The van der Waals surface area contributed by atoms with E-state index in [4.69, 9.17) is 10.5 Å². The van der Waals surface area contributed by atoms with Crippen molar-refractivity contribution >= 4 is 0 Å². The lowest BCUT2D eigenvalue weighted by Crippen LogP contribution is -2.26. The van der Waals surface area contributed by atoms with Crippen LogP contribution in [-0.2, 0) is 0 Å². The molecular weight excluding hydrogens is 212 g/mol. The molecule has 1 rings (SSSR count). The van der Waals surface area contributed by atoms with Crippen LogP contribution in [0.2, 0.25) is 0 Å². The number of ether oxygens (including phenoxy) is 1. The number of hydrogen-bond donors (Lipinski definition) is 1. The molecule has 0 saturated carbocycles. The zero-order valence-corrected chi connectivity index (χ0v) is 11.6. The highest BCUT2D eigenvalue weighted by molar-refractivity contribution is 5.44. The van der Waals surface area contributed by atoms with E-state index >= 15 is 0 Å². The Morgan fingerprint density at radius 1 is 1.24 bits per heavy atom. The van der Waals surface area contributed by atoms with Gasteiger partial charge >= 0.3 is 0 Å². The second kappa shape index (κ2) is 6.03. The van der Waals surface area contributed by atoms with E-state index in [9.17, 15) is 0 Å². The maximum atomic E-state index is 5.88. The summed E-state index contributed by atoms with van der Waals surface area (Å²) in [5.41, 5.74) is 9.64. The van der Waals surface area contributed by atoms with Gasteiger partial charge in [0, 0.05) is 24.6 Å². The summed E-state index contributed by atoms with van der Waals surface area (Å²) < 4.78 is 5.47. The molecule has 0 radical (unpaired) electrons. The van der Waals surface area contributed by atoms with E-state index in [1.54, 1.807) is 7.11 Å². The van der Waals surface area contributed by atoms with Gasteiger partial charge in [-0.3, -0.25) is 0 Å². The maximum Gasteiger partial charge on any atom is 0.122 e. The average molecular weight is 236 g/mol. The Bertz CT molecular complexity index is 375. The van der Waals surface area contributed by atoms with Crippen LogP contribution in [0.5, 0.6) is 5.75 Å². The van der Waals surface area contributed by atoms with Gasteiger partial charge in [-0.1, -0.05) is 6.07 Å². The molecule has 1 aromatic rings. The second-order valence-electron chi connectivity index (χ2n) is 4.87. The van der Waals surface area contributed by atoms with E-state index in [-0.39, 0.29) is 0 Å². The largest absolute Gasteiger partial charge is 0.496 e. The number of nitrogens with two attached hydrogens (primary N) is 1. The molecule has 0 bridgehead atoms. The molecule has 0 aliphatic heterocycles. The third-order valence-corrected chi connectivity index (χ3v) is 3.16. The minimum atomic E-state index is 0.319. The van der Waals surface area contributed by atoms with Crippen molar-refractivity contribution < 1.29 is 4.74 Å². The maximum absolute atomic E-state index is 5.88. The van der Waals surface area contributed by atoms with Gasteiger partial charge in [-0.15, -0.1) is 0 Å². The molecule has 0 fully saturated rings. The summed E-state index contributed by atoms with van der Waals surface area (Å²) in [6.07, 6.45) is 0. The predicted molar refractivity (Wildman–Crippen MR) is 72.8 cm³/mol. The first-order valence-electron chi connectivity index (χ1n) is 5.99. The molecule has 96 valence electrons. The van der Waals surface area contributed by atoms with E-state index in [0.29, 0.717) is 12.5 Å². The van der Waals surface area contributed by atoms with Crippen molar-refractivity contribution in [1.29, 1.82) is 0 Å². The van der Waals surface area contributed by atoms with E-state index in [1.807, 2.05) is 0 Å². The first-order chi connectivity index (χ1) is 7.99. The summed E-state index contributed by atoms with van der Waals surface area (Å²) in [5.74, 6) is 1.27. The molecule has 1 unspecified atom stereocenters. The lowest BCUT2D eigenvalue weighted by atomic mass is 9.94. The van der Waals surface area contributed by atoms with Crippen LogP contribution in [-0.4, -0.2) is 39.2 Å². The smallest absolute Gasteiger partial charge is 0.122 e. The van der Waals surface area contributed by atoms with Crippen LogP contribution in [0, 0.1) is 13.8 Å². The number of aryl methyl sites for hydroxylation is 2. The van der Waals surface area contributed by atoms with Crippen molar-refractivity contribution in [2.24, 2.45) is 5.73 Å². The van der Waals surface area contributed by atoms with E-state index in [1.165, 1.54) is 16.7 Å². The SMILES string of the molecule is COc1cc(C)c(C)cc1C(CN)CN(C)C. The van der Waals surface area contributed by atoms with E-state index in [2.05, 4.69) is 45.0 Å². The first kappa shape index (κ1) is 14.0. The van der Waals surface area contributed by atoms with Crippen molar-refractivity contribution in [1.82, 2.24) is 4.90 Å². The first-order valence-corrected chi connectivity index (χ1v) is 5.99. The Balaban J connectivity index is 3.12. The number of likely N-dealkylation sites (N-methyl/N-ethyl adjacent to an activating group) is 1. The molecule has 3 heteroatoms. The van der Waals surface area contributed by atoms with Gasteiger partial charge in [-0.2, -0.15) is 0 Å². The Morgan fingerprint density at radius 2 is 1.82 bits per heavy atom. The third-order valence-electron chi connectivity index (χ3n) is 3.16. The second-order valence-corrected chi connectivity index (χ2v) is 4.87. The fraction of sp³-hybridized carbons (Fsp3) is 0.571. The summed E-state index contributed by atoms with van der Waals surface area (Å²) in [5, 5.41) is 0. The van der Waals surface area contributed by atoms with Gasteiger partial charge in [0.05, 0.1) is 7.11 Å². The van der Waals surface area contributed by atoms with Gasteiger partial charge in [-0.05, 0) is 45.1 Å². The van der Waals surface area contributed by atoms with Gasteiger partial charge in [-0.25, -0.2) is 0 Å². The normalized spacial score (nSPS) is 12.9.